The molecule has 0 aromatic heterocycles. The van der Waals surface area contributed by atoms with Gasteiger partial charge in [0.25, 0.3) is 0 Å². The van der Waals surface area contributed by atoms with Gasteiger partial charge in [0.2, 0.25) is 0 Å². The van der Waals surface area contributed by atoms with Gasteiger partial charge >= 0.3 is 0 Å². The smallest absolute Gasteiger partial charge is 0.0288 e. The van der Waals surface area contributed by atoms with Crippen LogP contribution in [0.15, 0.2) is 22.2 Å². The first kappa shape index (κ1) is 7.07. The van der Waals surface area contributed by atoms with Crippen LogP contribution in [0.2, 0.25) is 0 Å². The second-order valence-electron chi connectivity index (χ2n) is 3.42. The van der Waals surface area contributed by atoms with Gasteiger partial charge in [-0.25, -0.2) is 0 Å². The minimum atomic E-state index is 0.288. The van der Waals surface area contributed by atoms with Gasteiger partial charge < -0.3 is 0 Å². The summed E-state index contributed by atoms with van der Waals surface area (Å²) in [6, 6.07) is 0. The minimum Gasteiger partial charge on any atom is -0.0903 e. The molecule has 1 aliphatic rings. The Kier molecular flexibility index (Phi) is 1.35. The molecule has 9 heavy (non-hydrogen) atoms. The van der Waals surface area contributed by atoms with Gasteiger partial charge in [-0.15, -0.1) is 0 Å². The molecule has 0 heterocycles. The van der Waals surface area contributed by atoms with E-state index in [0.29, 0.717) is 0 Å². The molecule has 0 amide bonds. The molecule has 0 N–H and O–H groups in total. The zero-order valence-electron chi connectivity index (χ0n) is 6.09. The van der Waals surface area contributed by atoms with Crippen LogP contribution < -0.4 is 0 Å². The van der Waals surface area contributed by atoms with Crippen LogP contribution in [-0.2, 0) is 0 Å². The van der Waals surface area contributed by atoms with Gasteiger partial charge in [0.15, 0.2) is 0 Å². The van der Waals surface area contributed by atoms with E-state index in [1.807, 2.05) is 0 Å². The second kappa shape index (κ2) is 1.72. The van der Waals surface area contributed by atoms with E-state index < -0.39 is 0 Å². The Balaban J connectivity index is 2.80. The fourth-order valence-corrected chi connectivity index (χ4v) is 1.92. The van der Waals surface area contributed by atoms with Crippen molar-refractivity contribution in [3.8, 4) is 0 Å². The Labute approximate surface area is 64.8 Å². The first-order valence-corrected chi connectivity index (χ1v) is 3.84. The van der Waals surface area contributed by atoms with Gasteiger partial charge in [0.1, 0.15) is 0 Å². The summed E-state index contributed by atoms with van der Waals surface area (Å²) in [5.41, 5.74) is 2.88. The molecule has 1 aliphatic carbocycles. The van der Waals surface area contributed by atoms with Crippen molar-refractivity contribution in [3.05, 3.63) is 22.2 Å². The molecule has 0 aliphatic heterocycles. The minimum absolute atomic E-state index is 0.288. The lowest BCUT2D eigenvalue weighted by Crippen LogP contribution is -2.01. The van der Waals surface area contributed by atoms with Crippen LogP contribution in [0.5, 0.6) is 0 Å². The molecule has 0 nitrogen and oxygen atoms in total. The van der Waals surface area contributed by atoms with Crippen molar-refractivity contribution in [2.24, 2.45) is 5.41 Å². The number of hydrogen-bond donors (Lipinski definition) is 0. The summed E-state index contributed by atoms with van der Waals surface area (Å²) < 4.78 is 1.23. The van der Waals surface area contributed by atoms with E-state index in [9.17, 15) is 0 Å². The molecule has 1 rings (SSSR count). The SMILES string of the molecule is C=C1C(Br)=C1C(C)(C)C. The molecule has 0 radical (unpaired) electrons. The predicted molar refractivity (Wildman–Crippen MR) is 44.5 cm³/mol. The van der Waals surface area contributed by atoms with Crippen molar-refractivity contribution in [1.82, 2.24) is 0 Å². The standard InChI is InChI=1S/C8H11Br/c1-5-6(7(5)9)8(2,3)4/h1H2,2-4H3. The van der Waals surface area contributed by atoms with Crippen molar-refractivity contribution in [2.45, 2.75) is 20.8 Å². The lowest BCUT2D eigenvalue weighted by Gasteiger charge is -2.12. The molecule has 0 aromatic rings. The zero-order chi connectivity index (χ0) is 7.23. The topological polar surface area (TPSA) is 0 Å². The molecule has 0 atom stereocenters. The summed E-state index contributed by atoms with van der Waals surface area (Å²) in [5, 5.41) is 0. The van der Waals surface area contributed by atoms with E-state index in [1.165, 1.54) is 15.6 Å². The Morgan fingerprint density at radius 3 is 1.67 bits per heavy atom. The van der Waals surface area contributed by atoms with E-state index in [-0.39, 0.29) is 5.41 Å². The van der Waals surface area contributed by atoms with E-state index in [4.69, 9.17) is 0 Å². The first-order chi connectivity index (χ1) is 3.94. The molecular formula is C8H11Br. The van der Waals surface area contributed by atoms with Crippen LogP contribution in [0.3, 0.4) is 0 Å². The van der Waals surface area contributed by atoms with Crippen molar-refractivity contribution >= 4 is 15.9 Å². The summed E-state index contributed by atoms with van der Waals surface area (Å²) in [7, 11) is 0. The number of hydrogen-bond acceptors (Lipinski definition) is 0. The average molecular weight is 187 g/mol. The number of allylic oxidation sites excluding steroid dienone is 3. The molecule has 1 heteroatoms. The van der Waals surface area contributed by atoms with Crippen molar-refractivity contribution < 1.29 is 0 Å². The lowest BCUT2D eigenvalue weighted by molar-refractivity contribution is 0.529. The van der Waals surface area contributed by atoms with E-state index in [0.717, 1.165) is 0 Å². The highest BCUT2D eigenvalue weighted by atomic mass is 79.9. The Bertz CT molecular complexity index is 191. The predicted octanol–water partition coefficient (Wildman–Crippen LogP) is 3.25. The van der Waals surface area contributed by atoms with Crippen LogP contribution in [0.1, 0.15) is 20.8 Å². The van der Waals surface area contributed by atoms with Crippen LogP contribution in [-0.4, -0.2) is 0 Å². The molecule has 0 saturated carbocycles. The van der Waals surface area contributed by atoms with E-state index in [1.54, 1.807) is 0 Å². The first-order valence-electron chi connectivity index (χ1n) is 3.04. The van der Waals surface area contributed by atoms with E-state index >= 15 is 0 Å². The van der Waals surface area contributed by atoms with Crippen molar-refractivity contribution in [3.63, 3.8) is 0 Å². The van der Waals surface area contributed by atoms with Gasteiger partial charge in [0, 0.05) is 4.48 Å². The maximum atomic E-state index is 3.87. The number of rotatable bonds is 0. The maximum absolute atomic E-state index is 3.87. The molecule has 0 unspecified atom stereocenters. The molecular weight excluding hydrogens is 176 g/mol. The summed E-state index contributed by atoms with van der Waals surface area (Å²) in [6.45, 7) is 10.5. The number of halogens is 1. The normalized spacial score (nSPS) is 18.9. The highest BCUT2D eigenvalue weighted by molar-refractivity contribution is 9.12. The highest BCUT2D eigenvalue weighted by Gasteiger charge is 2.34. The Hall–Kier alpha value is -0.0400. The molecule has 50 valence electrons. The van der Waals surface area contributed by atoms with Crippen LogP contribution in [0.25, 0.3) is 0 Å². The quantitative estimate of drug-likeness (QED) is 0.546. The fourth-order valence-electron chi connectivity index (χ4n) is 0.982. The zero-order valence-corrected chi connectivity index (χ0v) is 7.67. The van der Waals surface area contributed by atoms with Gasteiger partial charge in [0.05, 0.1) is 0 Å². The summed E-state index contributed by atoms with van der Waals surface area (Å²) in [6.07, 6.45) is 0. The van der Waals surface area contributed by atoms with Crippen LogP contribution in [0.4, 0.5) is 0 Å². The largest absolute Gasteiger partial charge is 0.0903 e. The second-order valence-corrected chi connectivity index (χ2v) is 4.21. The molecule has 0 spiro atoms. The average Bonchev–Trinajstić information content (AvgIpc) is 2.11. The summed E-state index contributed by atoms with van der Waals surface area (Å²) >= 11 is 3.43. The molecule has 0 aromatic carbocycles. The third-order valence-electron chi connectivity index (χ3n) is 1.47. The van der Waals surface area contributed by atoms with Gasteiger partial charge in [-0.2, -0.15) is 0 Å². The van der Waals surface area contributed by atoms with Crippen molar-refractivity contribution in [1.29, 1.82) is 0 Å². The van der Waals surface area contributed by atoms with Crippen LogP contribution in [0, 0.1) is 5.41 Å². The summed E-state index contributed by atoms with van der Waals surface area (Å²) in [4.78, 5) is 0. The van der Waals surface area contributed by atoms with Gasteiger partial charge in [-0.1, -0.05) is 27.4 Å². The third-order valence-corrected chi connectivity index (χ3v) is 2.35. The van der Waals surface area contributed by atoms with Crippen molar-refractivity contribution in [2.75, 3.05) is 0 Å². The fraction of sp³-hybridized carbons (Fsp3) is 0.500. The van der Waals surface area contributed by atoms with Gasteiger partial charge in [-0.05, 0) is 32.5 Å². The third kappa shape index (κ3) is 1.11. The van der Waals surface area contributed by atoms with Crippen LogP contribution >= 0.6 is 15.9 Å². The Morgan fingerprint density at radius 1 is 1.33 bits per heavy atom. The highest BCUT2D eigenvalue weighted by Crippen LogP contribution is 2.51. The monoisotopic (exact) mass is 186 g/mol. The molecule has 0 saturated heterocycles. The molecule has 0 fully saturated rings. The lowest BCUT2D eigenvalue weighted by atomic mass is 9.92. The van der Waals surface area contributed by atoms with E-state index in [2.05, 4.69) is 43.3 Å². The van der Waals surface area contributed by atoms with Gasteiger partial charge in [-0.3, -0.25) is 0 Å². The summed E-state index contributed by atoms with van der Waals surface area (Å²) in [5.74, 6) is 0. The Morgan fingerprint density at radius 2 is 1.67 bits per heavy atom. The maximum Gasteiger partial charge on any atom is 0.0288 e. The molecule has 0 bridgehead atoms.